The van der Waals surface area contributed by atoms with Crippen molar-refractivity contribution in [2.75, 3.05) is 12.4 Å². The van der Waals surface area contributed by atoms with Crippen LogP contribution >= 0.6 is 15.9 Å². The predicted molar refractivity (Wildman–Crippen MR) is 115 cm³/mol. The van der Waals surface area contributed by atoms with Gasteiger partial charge in [-0.3, -0.25) is 9.78 Å². The monoisotopic (exact) mass is 430 g/mol. The maximum atomic E-state index is 13.2. The molecule has 5 heteroatoms. The maximum Gasteiger partial charge on any atom is 0.258 e. The summed E-state index contributed by atoms with van der Waals surface area (Å²) in [6.45, 7) is 11.8. The van der Waals surface area contributed by atoms with Gasteiger partial charge in [0.2, 0.25) is 0 Å². The Morgan fingerprint density at radius 2 is 1.81 bits per heavy atom. The van der Waals surface area contributed by atoms with E-state index >= 15 is 0 Å². The zero-order chi connectivity index (χ0) is 20.1. The van der Waals surface area contributed by atoms with E-state index in [-0.39, 0.29) is 5.91 Å². The van der Waals surface area contributed by atoms with Gasteiger partial charge in [0.15, 0.2) is 0 Å². The first-order valence-electron chi connectivity index (χ1n) is 9.15. The van der Waals surface area contributed by atoms with Crippen molar-refractivity contribution in [3.8, 4) is 5.75 Å². The number of benzene rings is 1. The molecule has 1 aromatic heterocycles. The average Bonchev–Trinajstić information content (AvgIpc) is 2.64. The molecule has 27 heavy (non-hydrogen) atoms. The second kappa shape index (κ2) is 9.18. The maximum absolute atomic E-state index is 13.2. The third-order valence-electron chi connectivity index (χ3n) is 4.71. The topological polar surface area (TPSA) is 51.2 Å². The smallest absolute Gasteiger partial charge is 0.258 e. The third kappa shape index (κ3) is 4.41. The molecule has 0 spiro atoms. The molecule has 2 aromatic rings. The number of hydrogen-bond donors (Lipinski definition) is 1. The largest absolute Gasteiger partial charge is 0.497 e. The first-order chi connectivity index (χ1) is 12.9. The summed E-state index contributed by atoms with van der Waals surface area (Å²) in [4.78, 5) is 17.7. The van der Waals surface area contributed by atoms with Gasteiger partial charge in [-0.25, -0.2) is 0 Å². The molecule has 0 bridgehead atoms. The third-order valence-corrected chi connectivity index (χ3v) is 5.58. The molecule has 1 heterocycles. The summed E-state index contributed by atoms with van der Waals surface area (Å²) in [7, 11) is 1.66. The first kappa shape index (κ1) is 21.2. The van der Waals surface area contributed by atoms with E-state index in [1.54, 1.807) is 7.11 Å². The van der Waals surface area contributed by atoms with Crippen molar-refractivity contribution < 1.29 is 9.53 Å². The summed E-state index contributed by atoms with van der Waals surface area (Å²) in [5.74, 6) is 0.649. The van der Waals surface area contributed by atoms with E-state index in [1.165, 1.54) is 0 Å². The molecule has 0 aliphatic heterocycles. The normalized spacial score (nSPS) is 10.6. The van der Waals surface area contributed by atoms with Crippen molar-refractivity contribution in [1.29, 1.82) is 0 Å². The van der Waals surface area contributed by atoms with Crippen LogP contribution in [0.1, 0.15) is 52.3 Å². The number of anilines is 1. The lowest BCUT2D eigenvalue weighted by Gasteiger charge is -2.18. The van der Waals surface area contributed by atoms with Crippen molar-refractivity contribution in [2.45, 2.75) is 47.0 Å². The lowest BCUT2D eigenvalue weighted by atomic mass is 10.0. The summed E-state index contributed by atoms with van der Waals surface area (Å²) in [5, 5.41) is 3.13. The molecule has 0 aliphatic rings. The summed E-state index contributed by atoms with van der Waals surface area (Å²) in [6.07, 6.45) is 4.07. The van der Waals surface area contributed by atoms with Crippen molar-refractivity contribution in [3.63, 3.8) is 0 Å². The van der Waals surface area contributed by atoms with Gasteiger partial charge in [-0.2, -0.15) is 0 Å². The van der Waals surface area contributed by atoms with Gasteiger partial charge in [0.1, 0.15) is 5.75 Å². The highest BCUT2D eigenvalue weighted by Gasteiger charge is 2.21. The van der Waals surface area contributed by atoms with Crippen LogP contribution in [0.5, 0.6) is 5.75 Å². The molecule has 0 unspecified atom stereocenters. The van der Waals surface area contributed by atoms with E-state index in [1.807, 2.05) is 32.1 Å². The van der Waals surface area contributed by atoms with Crippen LogP contribution in [0.2, 0.25) is 0 Å². The van der Waals surface area contributed by atoms with E-state index in [0.717, 1.165) is 51.1 Å². The Balaban J connectivity index is 2.53. The van der Waals surface area contributed by atoms with Crippen molar-refractivity contribution in [2.24, 2.45) is 0 Å². The molecular weight excluding hydrogens is 404 g/mol. The van der Waals surface area contributed by atoms with Crippen molar-refractivity contribution >= 4 is 27.5 Å². The molecule has 0 radical (unpaired) electrons. The number of aromatic nitrogens is 1. The highest BCUT2D eigenvalue weighted by atomic mass is 79.9. The number of nitrogens with one attached hydrogen (secondary N) is 1. The predicted octanol–water partition coefficient (Wildman–Crippen LogP) is 5.58. The lowest BCUT2D eigenvalue weighted by molar-refractivity contribution is 0.102. The Kier molecular flexibility index (Phi) is 7.19. The number of nitrogens with zero attached hydrogens (tertiary/aromatic N) is 1. The second-order valence-electron chi connectivity index (χ2n) is 6.42. The standard InChI is InChI=1S/C22H27BrN2O2/c1-7-10-18-13(4)24-14(5)19(20(18)23)22(26)25-21-15(8-2)11-17(27-6)12-16(21)9-3/h7,11-12H,1,8-10H2,2-6H3,(H,25,26). The van der Waals surface area contributed by atoms with Crippen LogP contribution in [0, 0.1) is 13.8 Å². The van der Waals surface area contributed by atoms with Crippen LogP contribution in [0.15, 0.2) is 29.3 Å². The number of aryl methyl sites for hydroxylation is 4. The zero-order valence-corrected chi connectivity index (χ0v) is 18.3. The van der Waals surface area contributed by atoms with Crippen LogP contribution in [0.25, 0.3) is 0 Å². The van der Waals surface area contributed by atoms with Gasteiger partial charge in [0.25, 0.3) is 5.91 Å². The number of methoxy groups -OCH3 is 1. The van der Waals surface area contributed by atoms with Gasteiger partial charge < -0.3 is 10.1 Å². The van der Waals surface area contributed by atoms with Crippen LogP contribution in [-0.2, 0) is 19.3 Å². The second-order valence-corrected chi connectivity index (χ2v) is 7.22. The number of amides is 1. The number of carbonyl (C=O) groups excluding carboxylic acids is 1. The minimum Gasteiger partial charge on any atom is -0.497 e. The molecule has 0 saturated carbocycles. The van der Waals surface area contributed by atoms with Crippen LogP contribution in [0.4, 0.5) is 5.69 Å². The molecule has 0 fully saturated rings. The van der Waals surface area contributed by atoms with Crippen LogP contribution in [-0.4, -0.2) is 18.0 Å². The van der Waals surface area contributed by atoms with Crippen LogP contribution in [0.3, 0.4) is 0 Å². The SMILES string of the molecule is C=CCc1c(C)nc(C)c(C(=O)Nc2c(CC)cc(OC)cc2CC)c1Br. The highest BCUT2D eigenvalue weighted by Crippen LogP contribution is 2.31. The van der Waals surface area contributed by atoms with E-state index in [4.69, 9.17) is 4.74 Å². The Hall–Kier alpha value is -2.14. The zero-order valence-electron chi connectivity index (χ0n) is 16.7. The molecule has 1 N–H and O–H groups in total. The van der Waals surface area contributed by atoms with Gasteiger partial charge in [0, 0.05) is 15.9 Å². The number of ether oxygens (including phenoxy) is 1. The summed E-state index contributed by atoms with van der Waals surface area (Å²) in [5.41, 5.74) is 6.14. The van der Waals surface area contributed by atoms with Crippen molar-refractivity contribution in [3.05, 3.63) is 62.9 Å². The van der Waals surface area contributed by atoms with Gasteiger partial charge in [-0.15, -0.1) is 6.58 Å². The number of carbonyl (C=O) groups is 1. The molecule has 1 aromatic carbocycles. The summed E-state index contributed by atoms with van der Waals surface area (Å²) in [6, 6.07) is 3.96. The molecule has 0 saturated heterocycles. The molecule has 0 atom stereocenters. The van der Waals surface area contributed by atoms with Crippen molar-refractivity contribution in [1.82, 2.24) is 4.98 Å². The average molecular weight is 431 g/mol. The lowest BCUT2D eigenvalue weighted by Crippen LogP contribution is -2.19. The molecule has 1 amide bonds. The van der Waals surface area contributed by atoms with E-state index in [9.17, 15) is 4.79 Å². The van der Waals surface area contributed by atoms with Gasteiger partial charge in [0.05, 0.1) is 18.4 Å². The van der Waals surface area contributed by atoms with Crippen LogP contribution < -0.4 is 10.1 Å². The Labute approximate surface area is 170 Å². The first-order valence-corrected chi connectivity index (χ1v) is 9.94. The van der Waals surface area contributed by atoms with E-state index in [0.29, 0.717) is 17.7 Å². The molecule has 2 rings (SSSR count). The Morgan fingerprint density at radius 3 is 2.30 bits per heavy atom. The highest BCUT2D eigenvalue weighted by molar-refractivity contribution is 9.10. The fraction of sp³-hybridized carbons (Fsp3) is 0.364. The van der Waals surface area contributed by atoms with E-state index < -0.39 is 0 Å². The summed E-state index contributed by atoms with van der Waals surface area (Å²) >= 11 is 3.62. The molecule has 4 nitrogen and oxygen atoms in total. The van der Waals surface area contributed by atoms with E-state index in [2.05, 4.69) is 46.7 Å². The minimum absolute atomic E-state index is 0.160. The number of hydrogen-bond acceptors (Lipinski definition) is 3. The minimum atomic E-state index is -0.160. The molecule has 0 aliphatic carbocycles. The van der Waals surface area contributed by atoms with Gasteiger partial charge >= 0.3 is 0 Å². The number of pyridine rings is 1. The molecular formula is C22H27BrN2O2. The number of rotatable bonds is 7. The van der Waals surface area contributed by atoms with Gasteiger partial charge in [-0.05, 0) is 77.9 Å². The Morgan fingerprint density at radius 1 is 1.22 bits per heavy atom. The number of allylic oxidation sites excluding steroid dienone is 1. The molecule has 144 valence electrons. The fourth-order valence-corrected chi connectivity index (χ4v) is 4.15. The quantitative estimate of drug-likeness (QED) is 0.583. The Bertz CT molecular complexity index is 850. The fourth-order valence-electron chi connectivity index (χ4n) is 3.24. The van der Waals surface area contributed by atoms with Gasteiger partial charge in [-0.1, -0.05) is 19.9 Å². The summed E-state index contributed by atoms with van der Waals surface area (Å²) < 4.78 is 6.18. The number of halogens is 1.